The second kappa shape index (κ2) is 9.77. The molecule has 0 bridgehead atoms. The first kappa shape index (κ1) is 19.7. The number of benzene rings is 2. The van der Waals surface area contributed by atoms with Crippen LogP contribution in [-0.4, -0.2) is 25.9 Å². The zero-order valence-corrected chi connectivity index (χ0v) is 15.9. The van der Waals surface area contributed by atoms with E-state index in [9.17, 15) is 4.79 Å². The van der Waals surface area contributed by atoms with Crippen LogP contribution in [0.5, 0.6) is 17.2 Å². The summed E-state index contributed by atoms with van der Waals surface area (Å²) in [5.41, 5.74) is 1.04. The Labute approximate surface area is 158 Å². The first-order valence-electron chi connectivity index (χ1n) is 8.47. The number of carbonyl (C=O) groups excluding carboxylic acids is 1. The van der Waals surface area contributed by atoms with Gasteiger partial charge in [0.2, 0.25) is 5.75 Å². The number of urea groups is 1. The molecule has 0 aliphatic rings. The van der Waals surface area contributed by atoms with Gasteiger partial charge in [-0.2, -0.15) is 0 Å². The number of rotatable bonds is 8. The van der Waals surface area contributed by atoms with Gasteiger partial charge in [0, 0.05) is 12.1 Å². The molecule has 6 nitrogen and oxygen atoms in total. The fourth-order valence-corrected chi connectivity index (χ4v) is 2.49. The van der Waals surface area contributed by atoms with Gasteiger partial charge in [-0.15, -0.1) is 0 Å². The molecule has 0 aliphatic heterocycles. The number of amides is 2. The molecule has 2 rings (SSSR count). The molecule has 26 heavy (non-hydrogen) atoms. The van der Waals surface area contributed by atoms with E-state index < -0.39 is 6.03 Å². The Morgan fingerprint density at radius 3 is 2.04 bits per heavy atom. The molecule has 0 aromatic heterocycles. The first-order valence-corrected chi connectivity index (χ1v) is 8.85. The third-order valence-electron chi connectivity index (χ3n) is 3.29. The Morgan fingerprint density at radius 1 is 0.923 bits per heavy atom. The second-order valence-corrected chi connectivity index (χ2v) is 5.57. The van der Waals surface area contributed by atoms with E-state index in [0.29, 0.717) is 53.5 Å². The second-order valence-electron chi connectivity index (χ2n) is 5.16. The average Bonchev–Trinajstić information content (AvgIpc) is 2.60. The maximum Gasteiger partial charge on any atom is 0.323 e. The van der Waals surface area contributed by atoms with Crippen LogP contribution in [0.25, 0.3) is 0 Å². The Morgan fingerprint density at radius 2 is 1.50 bits per heavy atom. The van der Waals surface area contributed by atoms with E-state index >= 15 is 0 Å². The van der Waals surface area contributed by atoms with Crippen LogP contribution in [0.1, 0.15) is 20.8 Å². The van der Waals surface area contributed by atoms with Crippen molar-refractivity contribution in [1.82, 2.24) is 0 Å². The van der Waals surface area contributed by atoms with Crippen molar-refractivity contribution in [3.05, 3.63) is 41.4 Å². The molecule has 0 fully saturated rings. The summed E-state index contributed by atoms with van der Waals surface area (Å²) in [5, 5.41) is 5.92. The summed E-state index contributed by atoms with van der Waals surface area (Å²) < 4.78 is 16.9. The van der Waals surface area contributed by atoms with Crippen molar-refractivity contribution in [2.24, 2.45) is 0 Å². The van der Waals surface area contributed by atoms with Crippen molar-refractivity contribution < 1.29 is 19.0 Å². The van der Waals surface area contributed by atoms with E-state index in [4.69, 9.17) is 25.8 Å². The maximum absolute atomic E-state index is 12.3. The number of nitrogens with one attached hydrogen (secondary N) is 2. The van der Waals surface area contributed by atoms with Gasteiger partial charge >= 0.3 is 6.03 Å². The van der Waals surface area contributed by atoms with Crippen LogP contribution in [0.15, 0.2) is 36.4 Å². The minimum atomic E-state index is -0.424. The van der Waals surface area contributed by atoms with Gasteiger partial charge in [0.25, 0.3) is 0 Å². The lowest BCUT2D eigenvalue weighted by atomic mass is 10.2. The molecular formula is C19H23ClN2O4. The zero-order chi connectivity index (χ0) is 18.9. The molecule has 2 aromatic carbocycles. The molecule has 0 saturated heterocycles. The highest BCUT2D eigenvalue weighted by atomic mass is 35.5. The van der Waals surface area contributed by atoms with Crippen molar-refractivity contribution in [1.29, 1.82) is 0 Å². The van der Waals surface area contributed by atoms with E-state index in [1.54, 1.807) is 36.4 Å². The summed E-state index contributed by atoms with van der Waals surface area (Å²) in [6, 6.07) is 9.98. The monoisotopic (exact) mass is 378 g/mol. The zero-order valence-electron chi connectivity index (χ0n) is 15.1. The molecule has 140 valence electrons. The van der Waals surface area contributed by atoms with Crippen molar-refractivity contribution in [2.75, 3.05) is 30.5 Å². The number of para-hydroxylation sites is 1. The summed E-state index contributed by atoms with van der Waals surface area (Å²) in [7, 11) is 0. The predicted molar refractivity (Wildman–Crippen MR) is 104 cm³/mol. The molecule has 0 radical (unpaired) electrons. The van der Waals surface area contributed by atoms with Crippen molar-refractivity contribution in [3.8, 4) is 17.2 Å². The van der Waals surface area contributed by atoms with Crippen LogP contribution in [0.4, 0.5) is 16.2 Å². The fraction of sp³-hybridized carbons (Fsp3) is 0.316. The number of halogens is 1. The fourth-order valence-electron chi connectivity index (χ4n) is 2.31. The molecule has 0 saturated carbocycles. The number of hydrogen-bond donors (Lipinski definition) is 2. The minimum Gasteiger partial charge on any atom is -0.490 e. The highest BCUT2D eigenvalue weighted by Crippen LogP contribution is 2.40. The van der Waals surface area contributed by atoms with E-state index in [-0.39, 0.29) is 0 Å². The lowest BCUT2D eigenvalue weighted by Crippen LogP contribution is -2.19. The number of hydrogen-bond acceptors (Lipinski definition) is 4. The topological polar surface area (TPSA) is 68.8 Å². The highest BCUT2D eigenvalue weighted by molar-refractivity contribution is 6.33. The van der Waals surface area contributed by atoms with Gasteiger partial charge in [-0.1, -0.05) is 23.7 Å². The summed E-state index contributed by atoms with van der Waals surface area (Å²) >= 11 is 6.06. The third-order valence-corrected chi connectivity index (χ3v) is 3.62. The van der Waals surface area contributed by atoms with E-state index in [1.165, 1.54) is 0 Å². The van der Waals surface area contributed by atoms with Gasteiger partial charge < -0.3 is 24.8 Å². The number of ether oxygens (including phenoxy) is 3. The molecule has 2 aromatic rings. The molecule has 2 amide bonds. The van der Waals surface area contributed by atoms with Crippen LogP contribution in [0.3, 0.4) is 0 Å². The van der Waals surface area contributed by atoms with Crippen LogP contribution >= 0.6 is 11.6 Å². The summed E-state index contributed by atoms with van der Waals surface area (Å²) in [4.78, 5) is 12.3. The van der Waals surface area contributed by atoms with Gasteiger partial charge in [0.15, 0.2) is 11.5 Å². The Balaban J connectivity index is 2.24. The summed E-state index contributed by atoms with van der Waals surface area (Å²) in [6.07, 6.45) is 0. The molecule has 0 spiro atoms. The van der Waals surface area contributed by atoms with Crippen molar-refractivity contribution in [2.45, 2.75) is 20.8 Å². The van der Waals surface area contributed by atoms with E-state index in [2.05, 4.69) is 10.6 Å². The predicted octanol–water partition coefficient (Wildman–Crippen LogP) is 5.18. The SMILES string of the molecule is CCOc1cc(NC(=O)Nc2ccccc2Cl)cc(OCC)c1OCC. The molecule has 2 N–H and O–H groups in total. The Hall–Kier alpha value is -2.60. The first-order chi connectivity index (χ1) is 12.6. The largest absolute Gasteiger partial charge is 0.490 e. The minimum absolute atomic E-state index is 0.424. The van der Waals surface area contributed by atoms with Crippen LogP contribution in [0, 0.1) is 0 Å². The Kier molecular flexibility index (Phi) is 7.41. The lowest BCUT2D eigenvalue weighted by Gasteiger charge is -2.17. The molecular weight excluding hydrogens is 356 g/mol. The van der Waals surface area contributed by atoms with Gasteiger partial charge in [-0.3, -0.25) is 0 Å². The van der Waals surface area contributed by atoms with Crippen molar-refractivity contribution >= 4 is 29.0 Å². The molecule has 0 aliphatic carbocycles. The van der Waals surface area contributed by atoms with Gasteiger partial charge in [0.1, 0.15) is 0 Å². The van der Waals surface area contributed by atoms with Gasteiger partial charge in [0.05, 0.1) is 36.2 Å². The molecule has 7 heteroatoms. The molecule has 0 atom stereocenters. The lowest BCUT2D eigenvalue weighted by molar-refractivity contribution is 0.260. The van der Waals surface area contributed by atoms with Gasteiger partial charge in [-0.25, -0.2) is 4.79 Å². The third kappa shape index (κ3) is 5.20. The smallest absolute Gasteiger partial charge is 0.323 e. The number of anilines is 2. The standard InChI is InChI=1S/C19H23ClN2O4/c1-4-24-16-11-13(12-17(25-5-2)18(16)26-6-3)21-19(23)22-15-10-8-7-9-14(15)20/h7-12H,4-6H2,1-3H3,(H2,21,22,23). The average molecular weight is 379 g/mol. The van der Waals surface area contributed by atoms with Crippen LogP contribution in [0.2, 0.25) is 5.02 Å². The maximum atomic E-state index is 12.3. The summed E-state index contributed by atoms with van der Waals surface area (Å²) in [5.74, 6) is 1.54. The number of carbonyl (C=O) groups is 1. The molecule has 0 unspecified atom stereocenters. The Bertz CT molecular complexity index is 725. The van der Waals surface area contributed by atoms with E-state index in [1.807, 2.05) is 20.8 Å². The van der Waals surface area contributed by atoms with Crippen LogP contribution < -0.4 is 24.8 Å². The summed E-state index contributed by atoms with van der Waals surface area (Å²) in [6.45, 7) is 7.02. The highest BCUT2D eigenvalue weighted by Gasteiger charge is 2.16. The quantitative estimate of drug-likeness (QED) is 0.664. The van der Waals surface area contributed by atoms with Crippen LogP contribution in [-0.2, 0) is 0 Å². The normalized spacial score (nSPS) is 10.2. The van der Waals surface area contributed by atoms with E-state index in [0.717, 1.165) is 0 Å². The van der Waals surface area contributed by atoms with Gasteiger partial charge in [-0.05, 0) is 32.9 Å². The van der Waals surface area contributed by atoms with Crippen molar-refractivity contribution in [3.63, 3.8) is 0 Å². The molecule has 0 heterocycles.